The molecule has 74 valence electrons. The van der Waals surface area contributed by atoms with Crippen molar-refractivity contribution in [3.05, 3.63) is 35.4 Å². The smallest absolute Gasteiger partial charge is 0.248 e. The topological polar surface area (TPSA) is 63.3 Å². The van der Waals surface area contributed by atoms with Crippen molar-refractivity contribution in [2.24, 2.45) is 5.73 Å². The normalized spacial score (nSPS) is 18.6. The minimum absolute atomic E-state index is 0.433. The van der Waals surface area contributed by atoms with E-state index in [1.165, 1.54) is 0 Å². The minimum atomic E-state index is -0.657. The fourth-order valence-electron chi connectivity index (χ4n) is 1.75. The molecule has 0 bridgehead atoms. The predicted molar refractivity (Wildman–Crippen MR) is 52.7 cm³/mol. The van der Waals surface area contributed by atoms with Gasteiger partial charge in [-0.25, -0.2) is 0 Å². The van der Waals surface area contributed by atoms with Crippen LogP contribution >= 0.6 is 0 Å². The van der Waals surface area contributed by atoms with Crippen LogP contribution in [0.15, 0.2) is 24.3 Å². The van der Waals surface area contributed by atoms with Gasteiger partial charge in [0.15, 0.2) is 0 Å². The zero-order valence-electron chi connectivity index (χ0n) is 7.86. The number of primary amides is 1. The summed E-state index contributed by atoms with van der Waals surface area (Å²) in [4.78, 5) is 10.8. The van der Waals surface area contributed by atoms with Crippen LogP contribution in [-0.2, 0) is 5.60 Å². The summed E-state index contributed by atoms with van der Waals surface area (Å²) in [7, 11) is 0. The quantitative estimate of drug-likeness (QED) is 0.736. The lowest BCUT2D eigenvalue weighted by atomic mass is 9.75. The Morgan fingerprint density at radius 3 is 2.21 bits per heavy atom. The Labute approximate surface area is 82.5 Å². The first-order valence-corrected chi connectivity index (χ1v) is 4.74. The van der Waals surface area contributed by atoms with Gasteiger partial charge >= 0.3 is 0 Å². The molecule has 0 heterocycles. The van der Waals surface area contributed by atoms with Gasteiger partial charge in [-0.3, -0.25) is 4.79 Å². The summed E-state index contributed by atoms with van der Waals surface area (Å²) in [5, 5.41) is 9.99. The average Bonchev–Trinajstić information content (AvgIpc) is 2.14. The highest BCUT2D eigenvalue weighted by Crippen LogP contribution is 2.40. The van der Waals surface area contributed by atoms with Crippen molar-refractivity contribution >= 4 is 5.91 Å². The molecular formula is C11H13NO2. The van der Waals surface area contributed by atoms with Gasteiger partial charge in [-0.1, -0.05) is 12.1 Å². The molecule has 1 fully saturated rings. The maximum absolute atomic E-state index is 10.8. The standard InChI is InChI=1S/C11H13NO2/c12-10(13)8-2-4-9(5-3-8)11(14)6-1-7-11/h2-5,14H,1,6-7H2,(H2,12,13). The SMILES string of the molecule is NC(=O)c1ccc(C2(O)CCC2)cc1. The van der Waals surface area contributed by atoms with Crippen molar-refractivity contribution in [1.29, 1.82) is 0 Å². The van der Waals surface area contributed by atoms with Crippen molar-refractivity contribution in [2.75, 3.05) is 0 Å². The van der Waals surface area contributed by atoms with Crippen LogP contribution in [0.1, 0.15) is 35.2 Å². The Bertz CT molecular complexity index is 352. The molecule has 14 heavy (non-hydrogen) atoms. The van der Waals surface area contributed by atoms with Crippen LogP contribution in [0.4, 0.5) is 0 Å². The third-order valence-corrected chi connectivity index (χ3v) is 2.89. The molecule has 0 spiro atoms. The van der Waals surface area contributed by atoms with Crippen LogP contribution in [-0.4, -0.2) is 11.0 Å². The number of benzene rings is 1. The van der Waals surface area contributed by atoms with Crippen molar-refractivity contribution in [1.82, 2.24) is 0 Å². The van der Waals surface area contributed by atoms with Gasteiger partial charge in [0.1, 0.15) is 0 Å². The van der Waals surface area contributed by atoms with E-state index in [2.05, 4.69) is 0 Å². The maximum Gasteiger partial charge on any atom is 0.248 e. The number of rotatable bonds is 2. The molecule has 1 aliphatic carbocycles. The zero-order valence-corrected chi connectivity index (χ0v) is 7.86. The molecule has 1 aromatic rings. The molecule has 0 radical (unpaired) electrons. The van der Waals surface area contributed by atoms with Crippen molar-refractivity contribution < 1.29 is 9.90 Å². The molecule has 3 N–H and O–H groups in total. The molecule has 2 rings (SSSR count). The summed E-state index contributed by atoms with van der Waals surface area (Å²) >= 11 is 0. The van der Waals surface area contributed by atoms with Crippen molar-refractivity contribution in [3.63, 3.8) is 0 Å². The van der Waals surface area contributed by atoms with E-state index in [4.69, 9.17) is 5.73 Å². The second kappa shape index (κ2) is 3.10. The van der Waals surface area contributed by atoms with Gasteiger partial charge in [0.25, 0.3) is 0 Å². The Morgan fingerprint density at radius 2 is 1.86 bits per heavy atom. The molecule has 1 amide bonds. The number of carbonyl (C=O) groups is 1. The Kier molecular flexibility index (Phi) is 2.04. The monoisotopic (exact) mass is 191 g/mol. The third kappa shape index (κ3) is 1.40. The summed E-state index contributed by atoms with van der Waals surface area (Å²) < 4.78 is 0. The summed E-state index contributed by atoms with van der Waals surface area (Å²) in [5.41, 5.74) is 5.83. The molecule has 0 unspecified atom stereocenters. The fraction of sp³-hybridized carbons (Fsp3) is 0.364. The van der Waals surface area contributed by atoms with Gasteiger partial charge in [0.05, 0.1) is 5.60 Å². The van der Waals surface area contributed by atoms with Crippen LogP contribution in [0.25, 0.3) is 0 Å². The van der Waals surface area contributed by atoms with E-state index < -0.39 is 11.5 Å². The van der Waals surface area contributed by atoms with Crippen LogP contribution in [0.5, 0.6) is 0 Å². The first-order chi connectivity index (χ1) is 6.62. The van der Waals surface area contributed by atoms with Crippen LogP contribution in [0.3, 0.4) is 0 Å². The van der Waals surface area contributed by atoms with Crippen molar-refractivity contribution in [3.8, 4) is 0 Å². The number of carbonyl (C=O) groups excluding carboxylic acids is 1. The lowest BCUT2D eigenvalue weighted by Crippen LogP contribution is -2.33. The molecular weight excluding hydrogens is 178 g/mol. The zero-order chi connectivity index (χ0) is 10.2. The number of aliphatic hydroxyl groups is 1. The van der Waals surface area contributed by atoms with Crippen LogP contribution in [0, 0.1) is 0 Å². The van der Waals surface area contributed by atoms with E-state index in [9.17, 15) is 9.90 Å². The summed E-state index contributed by atoms with van der Waals surface area (Å²) in [6, 6.07) is 6.88. The average molecular weight is 191 g/mol. The van der Waals surface area contributed by atoms with Gasteiger partial charge in [-0.05, 0) is 37.0 Å². The van der Waals surface area contributed by atoms with E-state index in [-0.39, 0.29) is 0 Å². The number of nitrogens with two attached hydrogens (primary N) is 1. The summed E-state index contributed by atoms with van der Waals surface area (Å²) in [6.45, 7) is 0. The Hall–Kier alpha value is -1.35. The molecule has 1 aromatic carbocycles. The van der Waals surface area contributed by atoms with Gasteiger partial charge in [0, 0.05) is 5.56 Å². The van der Waals surface area contributed by atoms with Gasteiger partial charge in [-0.15, -0.1) is 0 Å². The van der Waals surface area contributed by atoms with Crippen LogP contribution < -0.4 is 5.73 Å². The van der Waals surface area contributed by atoms with Gasteiger partial charge in [0.2, 0.25) is 5.91 Å². The predicted octanol–water partition coefficient (Wildman–Crippen LogP) is 1.16. The molecule has 0 saturated heterocycles. The molecule has 3 nitrogen and oxygen atoms in total. The first kappa shape index (κ1) is 9.21. The Balaban J connectivity index is 2.25. The number of hydrogen-bond donors (Lipinski definition) is 2. The minimum Gasteiger partial charge on any atom is -0.385 e. The molecule has 1 aliphatic rings. The Morgan fingerprint density at radius 1 is 1.29 bits per heavy atom. The number of amides is 1. The highest BCUT2D eigenvalue weighted by molar-refractivity contribution is 5.92. The number of hydrogen-bond acceptors (Lipinski definition) is 2. The maximum atomic E-state index is 10.8. The van der Waals surface area contributed by atoms with E-state index in [1.54, 1.807) is 24.3 Å². The molecule has 0 atom stereocenters. The molecule has 0 aliphatic heterocycles. The summed E-state index contributed by atoms with van der Waals surface area (Å²) in [5.74, 6) is -0.433. The third-order valence-electron chi connectivity index (χ3n) is 2.89. The first-order valence-electron chi connectivity index (χ1n) is 4.74. The van der Waals surface area contributed by atoms with E-state index >= 15 is 0 Å². The highest BCUT2D eigenvalue weighted by Gasteiger charge is 2.35. The largest absolute Gasteiger partial charge is 0.385 e. The lowest BCUT2D eigenvalue weighted by molar-refractivity contribution is -0.0388. The second-order valence-electron chi connectivity index (χ2n) is 3.83. The van der Waals surface area contributed by atoms with Gasteiger partial charge in [-0.2, -0.15) is 0 Å². The van der Waals surface area contributed by atoms with E-state index in [1.807, 2.05) is 0 Å². The van der Waals surface area contributed by atoms with Crippen molar-refractivity contribution in [2.45, 2.75) is 24.9 Å². The summed E-state index contributed by atoms with van der Waals surface area (Å²) in [6.07, 6.45) is 2.68. The van der Waals surface area contributed by atoms with E-state index in [0.29, 0.717) is 5.56 Å². The molecule has 1 saturated carbocycles. The second-order valence-corrected chi connectivity index (χ2v) is 3.83. The highest BCUT2D eigenvalue weighted by atomic mass is 16.3. The molecule has 0 aromatic heterocycles. The van der Waals surface area contributed by atoms with Gasteiger partial charge < -0.3 is 10.8 Å². The van der Waals surface area contributed by atoms with E-state index in [0.717, 1.165) is 24.8 Å². The molecule has 3 heteroatoms. The lowest BCUT2D eigenvalue weighted by Gasteiger charge is -2.37. The van der Waals surface area contributed by atoms with Crippen LogP contribution in [0.2, 0.25) is 0 Å². The fourth-order valence-corrected chi connectivity index (χ4v) is 1.75.